The Morgan fingerprint density at radius 3 is 2.72 bits per heavy atom. The van der Waals surface area contributed by atoms with Gasteiger partial charge in [0.25, 0.3) is 5.91 Å². The second-order valence-corrected chi connectivity index (χ2v) is 7.33. The molecule has 0 radical (unpaired) electrons. The molecule has 0 unspecified atom stereocenters. The summed E-state index contributed by atoms with van der Waals surface area (Å²) in [5, 5.41) is 12.0. The molecule has 1 N–H and O–H groups in total. The second-order valence-electron chi connectivity index (χ2n) is 7.33. The Kier molecular flexibility index (Phi) is 5.09. The van der Waals surface area contributed by atoms with Gasteiger partial charge in [-0.15, -0.1) is 0 Å². The zero-order valence-electron chi connectivity index (χ0n) is 16.7. The molecule has 2 heterocycles. The molecule has 0 fully saturated rings. The molecule has 2 aromatic carbocycles. The van der Waals surface area contributed by atoms with E-state index >= 15 is 0 Å². The molecule has 0 bridgehead atoms. The average molecular weight is 385 g/mol. The highest BCUT2D eigenvalue weighted by Gasteiger charge is 2.17. The minimum absolute atomic E-state index is 0.0671. The monoisotopic (exact) mass is 385 g/mol. The Morgan fingerprint density at radius 2 is 1.97 bits per heavy atom. The van der Waals surface area contributed by atoms with Crippen molar-refractivity contribution in [2.75, 3.05) is 13.2 Å². The van der Waals surface area contributed by atoms with Crippen molar-refractivity contribution in [1.82, 2.24) is 9.88 Å². The van der Waals surface area contributed by atoms with Crippen LogP contribution in [0.3, 0.4) is 0 Å². The number of ether oxygens (including phenoxy) is 1. The zero-order chi connectivity index (χ0) is 20.4. The van der Waals surface area contributed by atoms with Gasteiger partial charge in [0.15, 0.2) is 0 Å². The number of rotatable bonds is 5. The molecule has 0 saturated heterocycles. The summed E-state index contributed by atoms with van der Waals surface area (Å²) in [7, 11) is 0. The fourth-order valence-electron chi connectivity index (χ4n) is 3.89. The highest BCUT2D eigenvalue weighted by Crippen LogP contribution is 2.26. The molecule has 0 saturated carbocycles. The van der Waals surface area contributed by atoms with Crippen LogP contribution in [0.2, 0.25) is 0 Å². The number of hydrogen-bond donors (Lipinski definition) is 1. The summed E-state index contributed by atoms with van der Waals surface area (Å²) >= 11 is 0. The van der Waals surface area contributed by atoms with E-state index in [1.165, 1.54) is 11.1 Å². The maximum atomic E-state index is 12.8. The van der Waals surface area contributed by atoms with E-state index in [0.717, 1.165) is 42.3 Å². The lowest BCUT2D eigenvalue weighted by atomic mass is 10.1. The summed E-state index contributed by atoms with van der Waals surface area (Å²) in [4.78, 5) is 12.8. The molecule has 4 rings (SSSR count). The van der Waals surface area contributed by atoms with E-state index in [-0.39, 0.29) is 5.91 Å². The van der Waals surface area contributed by atoms with Crippen LogP contribution in [0.4, 0.5) is 0 Å². The number of hydrogen-bond acceptors (Lipinski definition) is 3. The van der Waals surface area contributed by atoms with E-state index in [1.54, 1.807) is 12.1 Å². The molecule has 1 aliphatic heterocycles. The SMILES string of the molecule is Cc1cc(C(=O)NCCc2ccc3c(c2)CCO3)c(C)n1-c1ccc(C#N)cc1. The minimum Gasteiger partial charge on any atom is -0.493 e. The third-order valence-electron chi connectivity index (χ3n) is 5.38. The van der Waals surface area contributed by atoms with Gasteiger partial charge in [-0.25, -0.2) is 0 Å². The van der Waals surface area contributed by atoms with Gasteiger partial charge in [-0.1, -0.05) is 12.1 Å². The zero-order valence-corrected chi connectivity index (χ0v) is 16.7. The average Bonchev–Trinajstić information content (AvgIpc) is 3.31. The molecule has 0 spiro atoms. The topological polar surface area (TPSA) is 67.0 Å². The lowest BCUT2D eigenvalue weighted by Gasteiger charge is -2.10. The van der Waals surface area contributed by atoms with Crippen molar-refractivity contribution in [3.63, 3.8) is 0 Å². The molecule has 5 nitrogen and oxygen atoms in total. The highest BCUT2D eigenvalue weighted by atomic mass is 16.5. The van der Waals surface area contributed by atoms with Crippen molar-refractivity contribution in [2.24, 2.45) is 0 Å². The van der Waals surface area contributed by atoms with E-state index in [1.807, 2.05) is 42.7 Å². The summed E-state index contributed by atoms with van der Waals surface area (Å²) in [6.45, 7) is 5.26. The first kappa shape index (κ1) is 18.8. The number of aryl methyl sites for hydroxylation is 1. The lowest BCUT2D eigenvalue weighted by molar-refractivity contribution is 0.0953. The van der Waals surface area contributed by atoms with Gasteiger partial charge >= 0.3 is 0 Å². The standard InChI is InChI=1S/C24H23N3O2/c1-16-13-22(17(2)27(16)21-6-3-19(15-25)4-7-21)24(28)26-11-9-18-5-8-23-20(14-18)10-12-29-23/h3-8,13-14H,9-12H2,1-2H3,(H,26,28). The summed E-state index contributed by atoms with van der Waals surface area (Å²) < 4.78 is 7.58. The Hall–Kier alpha value is -3.52. The number of nitrogens with one attached hydrogen (secondary N) is 1. The maximum absolute atomic E-state index is 12.8. The molecular formula is C24H23N3O2. The van der Waals surface area contributed by atoms with Crippen molar-refractivity contribution in [3.05, 3.63) is 82.2 Å². The number of aromatic nitrogens is 1. The molecule has 1 aromatic heterocycles. The first-order chi connectivity index (χ1) is 14.1. The number of carbonyl (C=O) groups is 1. The van der Waals surface area contributed by atoms with E-state index in [2.05, 4.69) is 23.5 Å². The minimum atomic E-state index is -0.0671. The molecular weight excluding hydrogens is 362 g/mol. The molecule has 3 aromatic rings. The summed E-state index contributed by atoms with van der Waals surface area (Å²) in [5.74, 6) is 0.913. The van der Waals surface area contributed by atoms with Gasteiger partial charge in [0.1, 0.15) is 5.75 Å². The molecule has 0 aliphatic carbocycles. The summed E-state index contributed by atoms with van der Waals surface area (Å²) in [6.07, 6.45) is 1.74. The van der Waals surface area contributed by atoms with E-state index in [0.29, 0.717) is 17.7 Å². The van der Waals surface area contributed by atoms with E-state index in [9.17, 15) is 4.79 Å². The van der Waals surface area contributed by atoms with Crippen LogP contribution in [-0.4, -0.2) is 23.6 Å². The number of benzene rings is 2. The number of nitrogens with zero attached hydrogens (tertiary/aromatic N) is 2. The first-order valence-electron chi connectivity index (χ1n) is 9.79. The second kappa shape index (κ2) is 7.84. The van der Waals surface area contributed by atoms with Gasteiger partial charge in [0, 0.05) is 30.0 Å². The highest BCUT2D eigenvalue weighted by molar-refractivity contribution is 5.95. The quantitative estimate of drug-likeness (QED) is 0.725. The maximum Gasteiger partial charge on any atom is 0.253 e. The Balaban J connectivity index is 1.44. The fourth-order valence-corrected chi connectivity index (χ4v) is 3.89. The number of carbonyl (C=O) groups excluding carboxylic acids is 1. The third kappa shape index (κ3) is 3.74. The smallest absolute Gasteiger partial charge is 0.253 e. The van der Waals surface area contributed by atoms with Gasteiger partial charge in [0.2, 0.25) is 0 Å². The number of fused-ring (bicyclic) bond motifs is 1. The fraction of sp³-hybridized carbons (Fsp3) is 0.250. The van der Waals surface area contributed by atoms with Crippen molar-refractivity contribution in [2.45, 2.75) is 26.7 Å². The lowest BCUT2D eigenvalue weighted by Crippen LogP contribution is -2.26. The summed E-state index contributed by atoms with van der Waals surface area (Å²) in [5.41, 5.74) is 6.56. The van der Waals surface area contributed by atoms with Gasteiger partial charge in [-0.3, -0.25) is 4.79 Å². The van der Waals surface area contributed by atoms with Crippen molar-refractivity contribution < 1.29 is 9.53 Å². The van der Waals surface area contributed by atoms with E-state index < -0.39 is 0 Å². The molecule has 146 valence electrons. The van der Waals surface area contributed by atoms with Crippen LogP contribution in [0.15, 0.2) is 48.5 Å². The normalized spacial score (nSPS) is 12.2. The molecule has 0 atom stereocenters. The van der Waals surface area contributed by atoms with Crippen LogP contribution in [0.25, 0.3) is 5.69 Å². The molecule has 1 aliphatic rings. The number of amides is 1. The Bertz CT molecular complexity index is 1100. The largest absolute Gasteiger partial charge is 0.493 e. The van der Waals surface area contributed by atoms with Gasteiger partial charge in [-0.05, 0) is 67.8 Å². The number of nitriles is 1. The molecule has 29 heavy (non-hydrogen) atoms. The summed E-state index contributed by atoms with van der Waals surface area (Å²) in [6, 6.07) is 17.7. The Morgan fingerprint density at radius 1 is 1.17 bits per heavy atom. The third-order valence-corrected chi connectivity index (χ3v) is 5.38. The predicted octanol–water partition coefficient (Wildman–Crippen LogP) is 3.87. The van der Waals surface area contributed by atoms with Crippen LogP contribution in [0.1, 0.15) is 38.4 Å². The van der Waals surface area contributed by atoms with Gasteiger partial charge < -0.3 is 14.6 Å². The van der Waals surface area contributed by atoms with Crippen molar-refractivity contribution in [1.29, 1.82) is 5.26 Å². The molecule has 5 heteroatoms. The first-order valence-corrected chi connectivity index (χ1v) is 9.79. The van der Waals surface area contributed by atoms with Gasteiger partial charge in [0.05, 0.1) is 23.8 Å². The van der Waals surface area contributed by atoms with E-state index in [4.69, 9.17) is 10.00 Å². The van der Waals surface area contributed by atoms with Crippen LogP contribution in [0.5, 0.6) is 5.75 Å². The Labute approximate surface area is 170 Å². The van der Waals surface area contributed by atoms with Crippen LogP contribution in [0, 0.1) is 25.2 Å². The molecule has 1 amide bonds. The predicted molar refractivity (Wildman–Crippen MR) is 112 cm³/mol. The van der Waals surface area contributed by atoms with Crippen LogP contribution >= 0.6 is 0 Å². The van der Waals surface area contributed by atoms with Crippen molar-refractivity contribution in [3.8, 4) is 17.5 Å². The van der Waals surface area contributed by atoms with Crippen LogP contribution < -0.4 is 10.1 Å². The van der Waals surface area contributed by atoms with Crippen molar-refractivity contribution >= 4 is 5.91 Å². The van der Waals surface area contributed by atoms with Gasteiger partial charge in [-0.2, -0.15) is 5.26 Å². The van der Waals surface area contributed by atoms with Crippen LogP contribution in [-0.2, 0) is 12.8 Å².